The standard InChI is InChI=1S/C15H18N2O/c1-2-11-8-13(14-10-18-7-4-16-14)9-12-3-6-17(5-1)15(11)12/h3,6,8-9,14,16H,1-2,4-5,7,10H2. The predicted octanol–water partition coefficient (Wildman–Crippen LogP) is 2.25. The summed E-state index contributed by atoms with van der Waals surface area (Å²) in [7, 11) is 0. The molecule has 1 aromatic heterocycles. The lowest BCUT2D eigenvalue weighted by Crippen LogP contribution is -2.34. The summed E-state index contributed by atoms with van der Waals surface area (Å²) in [5, 5.41) is 4.93. The Labute approximate surface area is 107 Å². The Bertz CT molecular complexity index is 581. The first-order valence-electron chi connectivity index (χ1n) is 6.84. The summed E-state index contributed by atoms with van der Waals surface area (Å²) in [5.74, 6) is 0. The lowest BCUT2D eigenvalue weighted by atomic mass is 9.97. The number of nitrogens with one attached hydrogen (secondary N) is 1. The largest absolute Gasteiger partial charge is 0.378 e. The van der Waals surface area contributed by atoms with Crippen molar-refractivity contribution in [2.24, 2.45) is 0 Å². The second-order valence-electron chi connectivity index (χ2n) is 5.31. The van der Waals surface area contributed by atoms with Crippen LogP contribution in [0.1, 0.15) is 23.6 Å². The monoisotopic (exact) mass is 242 g/mol. The van der Waals surface area contributed by atoms with Gasteiger partial charge in [0.05, 0.1) is 24.8 Å². The highest BCUT2D eigenvalue weighted by molar-refractivity contribution is 5.85. The summed E-state index contributed by atoms with van der Waals surface area (Å²) in [6.45, 7) is 3.76. The minimum atomic E-state index is 0.365. The SMILES string of the molecule is c1c(C2COCCN2)cc2ccn3c2c1CCC3. The molecule has 1 aromatic carbocycles. The second kappa shape index (κ2) is 4.11. The Morgan fingerprint density at radius 3 is 3.22 bits per heavy atom. The summed E-state index contributed by atoms with van der Waals surface area (Å²) in [5.41, 5.74) is 4.34. The molecule has 2 aliphatic heterocycles. The first kappa shape index (κ1) is 10.6. The fourth-order valence-electron chi connectivity index (χ4n) is 3.26. The van der Waals surface area contributed by atoms with Crippen molar-refractivity contribution >= 4 is 10.9 Å². The Hall–Kier alpha value is -1.32. The van der Waals surface area contributed by atoms with E-state index < -0.39 is 0 Å². The smallest absolute Gasteiger partial charge is 0.0662 e. The molecule has 0 bridgehead atoms. The van der Waals surface area contributed by atoms with Gasteiger partial charge in [-0.2, -0.15) is 0 Å². The number of benzene rings is 1. The Morgan fingerprint density at radius 1 is 1.33 bits per heavy atom. The van der Waals surface area contributed by atoms with E-state index in [2.05, 4.69) is 34.3 Å². The van der Waals surface area contributed by atoms with Crippen molar-refractivity contribution in [3.63, 3.8) is 0 Å². The van der Waals surface area contributed by atoms with Gasteiger partial charge in [-0.1, -0.05) is 6.07 Å². The van der Waals surface area contributed by atoms with Crippen molar-refractivity contribution in [1.29, 1.82) is 0 Å². The summed E-state index contributed by atoms with van der Waals surface area (Å²) in [6.07, 6.45) is 4.69. The van der Waals surface area contributed by atoms with Crippen LogP contribution < -0.4 is 5.32 Å². The fourth-order valence-corrected chi connectivity index (χ4v) is 3.26. The van der Waals surface area contributed by atoms with Crippen LogP contribution in [-0.4, -0.2) is 24.3 Å². The first-order chi connectivity index (χ1) is 8.92. The summed E-state index contributed by atoms with van der Waals surface area (Å²) < 4.78 is 7.97. The predicted molar refractivity (Wildman–Crippen MR) is 71.8 cm³/mol. The van der Waals surface area contributed by atoms with E-state index in [1.807, 2.05) is 0 Å². The third kappa shape index (κ3) is 1.58. The van der Waals surface area contributed by atoms with Crippen molar-refractivity contribution in [2.45, 2.75) is 25.4 Å². The molecule has 1 N–H and O–H groups in total. The molecule has 2 aliphatic rings. The van der Waals surface area contributed by atoms with Gasteiger partial charge in [-0.05, 0) is 36.1 Å². The molecular formula is C15H18N2O. The zero-order chi connectivity index (χ0) is 11.9. The summed E-state index contributed by atoms with van der Waals surface area (Å²) in [6, 6.07) is 7.32. The van der Waals surface area contributed by atoms with Gasteiger partial charge in [-0.15, -0.1) is 0 Å². The van der Waals surface area contributed by atoms with E-state index in [1.165, 1.54) is 41.4 Å². The summed E-state index contributed by atoms with van der Waals surface area (Å²) >= 11 is 0. The molecular weight excluding hydrogens is 224 g/mol. The van der Waals surface area contributed by atoms with E-state index in [0.717, 1.165) is 19.8 Å². The number of ether oxygens (including phenoxy) is 1. The van der Waals surface area contributed by atoms with E-state index >= 15 is 0 Å². The molecule has 0 saturated carbocycles. The normalized spacial score (nSPS) is 23.4. The minimum absolute atomic E-state index is 0.365. The van der Waals surface area contributed by atoms with Gasteiger partial charge in [0.25, 0.3) is 0 Å². The maximum atomic E-state index is 5.57. The zero-order valence-corrected chi connectivity index (χ0v) is 10.5. The average molecular weight is 242 g/mol. The Morgan fingerprint density at radius 2 is 2.33 bits per heavy atom. The molecule has 2 aromatic rings. The highest BCUT2D eigenvalue weighted by atomic mass is 16.5. The Kier molecular flexibility index (Phi) is 2.42. The van der Waals surface area contributed by atoms with Gasteiger partial charge in [0.1, 0.15) is 0 Å². The van der Waals surface area contributed by atoms with Crippen molar-refractivity contribution < 1.29 is 4.74 Å². The van der Waals surface area contributed by atoms with E-state index in [-0.39, 0.29) is 0 Å². The third-order valence-electron chi connectivity index (χ3n) is 4.13. The molecule has 3 heteroatoms. The van der Waals surface area contributed by atoms with E-state index in [9.17, 15) is 0 Å². The molecule has 0 aliphatic carbocycles. The quantitative estimate of drug-likeness (QED) is 0.830. The van der Waals surface area contributed by atoms with Crippen molar-refractivity contribution in [2.75, 3.05) is 19.8 Å². The molecule has 3 nitrogen and oxygen atoms in total. The number of hydrogen-bond donors (Lipinski definition) is 1. The number of rotatable bonds is 1. The second-order valence-corrected chi connectivity index (χ2v) is 5.31. The maximum absolute atomic E-state index is 5.57. The molecule has 0 amide bonds. The van der Waals surface area contributed by atoms with Crippen LogP contribution in [0.4, 0.5) is 0 Å². The summed E-state index contributed by atoms with van der Waals surface area (Å²) in [4.78, 5) is 0. The van der Waals surface area contributed by atoms with Crippen molar-refractivity contribution in [3.8, 4) is 0 Å². The molecule has 1 unspecified atom stereocenters. The Balaban J connectivity index is 1.82. The number of aromatic nitrogens is 1. The van der Waals surface area contributed by atoms with Gasteiger partial charge in [-0.25, -0.2) is 0 Å². The number of morpholine rings is 1. The number of nitrogens with zero attached hydrogens (tertiary/aromatic N) is 1. The highest BCUT2D eigenvalue weighted by Gasteiger charge is 2.19. The van der Waals surface area contributed by atoms with Gasteiger partial charge < -0.3 is 14.6 Å². The van der Waals surface area contributed by atoms with Crippen LogP contribution in [0.5, 0.6) is 0 Å². The number of hydrogen-bond acceptors (Lipinski definition) is 2. The molecule has 3 heterocycles. The van der Waals surface area contributed by atoms with Crippen LogP contribution in [-0.2, 0) is 17.7 Å². The van der Waals surface area contributed by atoms with Gasteiger partial charge in [0.15, 0.2) is 0 Å². The molecule has 1 fully saturated rings. The molecule has 0 radical (unpaired) electrons. The minimum Gasteiger partial charge on any atom is -0.378 e. The third-order valence-corrected chi connectivity index (χ3v) is 4.13. The van der Waals surface area contributed by atoms with Crippen LogP contribution in [0.3, 0.4) is 0 Å². The topological polar surface area (TPSA) is 26.2 Å². The molecule has 1 saturated heterocycles. The van der Waals surface area contributed by atoms with Crippen LogP contribution >= 0.6 is 0 Å². The van der Waals surface area contributed by atoms with Crippen LogP contribution in [0, 0.1) is 0 Å². The van der Waals surface area contributed by atoms with E-state index in [0.29, 0.717) is 6.04 Å². The molecule has 0 spiro atoms. The van der Waals surface area contributed by atoms with Crippen LogP contribution in [0.2, 0.25) is 0 Å². The van der Waals surface area contributed by atoms with E-state index in [1.54, 1.807) is 0 Å². The fraction of sp³-hybridized carbons (Fsp3) is 0.467. The maximum Gasteiger partial charge on any atom is 0.0662 e. The van der Waals surface area contributed by atoms with Crippen molar-refractivity contribution in [3.05, 3.63) is 35.5 Å². The number of aryl methyl sites for hydroxylation is 2. The first-order valence-corrected chi connectivity index (χ1v) is 6.84. The van der Waals surface area contributed by atoms with Crippen LogP contribution in [0.25, 0.3) is 10.9 Å². The zero-order valence-electron chi connectivity index (χ0n) is 10.5. The lowest BCUT2D eigenvalue weighted by molar-refractivity contribution is 0.0769. The molecule has 1 atom stereocenters. The van der Waals surface area contributed by atoms with Crippen molar-refractivity contribution in [1.82, 2.24) is 9.88 Å². The average Bonchev–Trinajstić information content (AvgIpc) is 2.85. The van der Waals surface area contributed by atoms with Gasteiger partial charge in [0, 0.05) is 24.7 Å². The van der Waals surface area contributed by atoms with Gasteiger partial charge in [-0.3, -0.25) is 0 Å². The van der Waals surface area contributed by atoms with E-state index in [4.69, 9.17) is 4.74 Å². The van der Waals surface area contributed by atoms with Crippen LogP contribution in [0.15, 0.2) is 24.4 Å². The van der Waals surface area contributed by atoms with Gasteiger partial charge >= 0.3 is 0 Å². The lowest BCUT2D eigenvalue weighted by Gasteiger charge is -2.25. The molecule has 4 rings (SSSR count). The van der Waals surface area contributed by atoms with Gasteiger partial charge in [0.2, 0.25) is 0 Å². The highest BCUT2D eigenvalue weighted by Crippen LogP contribution is 2.30. The molecule has 18 heavy (non-hydrogen) atoms. The molecule has 94 valence electrons.